The summed E-state index contributed by atoms with van der Waals surface area (Å²) in [4.78, 5) is 15.8. The minimum atomic E-state index is -0.0356. The molecule has 0 bridgehead atoms. The number of aliphatic hydroxyl groups is 1. The Morgan fingerprint density at radius 1 is 1.47 bits per heavy atom. The Kier molecular flexibility index (Phi) is 4.98. The van der Waals surface area contributed by atoms with Crippen molar-refractivity contribution in [2.75, 3.05) is 6.61 Å². The fraction of sp³-hybridized carbons (Fsp3) is 0.600. The molecule has 15 heavy (non-hydrogen) atoms. The fourth-order valence-electron chi connectivity index (χ4n) is 1.28. The van der Waals surface area contributed by atoms with Crippen LogP contribution < -0.4 is 5.56 Å². The van der Waals surface area contributed by atoms with Crippen molar-refractivity contribution in [3.63, 3.8) is 0 Å². The molecule has 4 nitrogen and oxygen atoms in total. The molecular formula is C10H15BrN2O2. The molecular weight excluding hydrogens is 260 g/mol. The summed E-state index contributed by atoms with van der Waals surface area (Å²) in [7, 11) is 0. The Morgan fingerprint density at radius 3 is 2.87 bits per heavy atom. The Morgan fingerprint density at radius 2 is 2.20 bits per heavy atom. The van der Waals surface area contributed by atoms with E-state index in [1.54, 1.807) is 17.8 Å². The molecule has 0 atom stereocenters. The van der Waals surface area contributed by atoms with Crippen LogP contribution in [0.5, 0.6) is 0 Å². The molecule has 0 aliphatic heterocycles. The molecule has 0 radical (unpaired) electrons. The summed E-state index contributed by atoms with van der Waals surface area (Å²) in [6, 6.07) is 0. The predicted molar refractivity (Wildman–Crippen MR) is 61.9 cm³/mol. The molecule has 1 heterocycles. The summed E-state index contributed by atoms with van der Waals surface area (Å²) < 4.78 is 2.13. The van der Waals surface area contributed by atoms with Gasteiger partial charge in [0, 0.05) is 13.2 Å². The van der Waals surface area contributed by atoms with Gasteiger partial charge in [-0.15, -0.1) is 0 Å². The third-order valence-electron chi connectivity index (χ3n) is 2.21. The van der Waals surface area contributed by atoms with Crippen molar-refractivity contribution >= 4 is 15.9 Å². The highest BCUT2D eigenvalue weighted by atomic mass is 79.9. The van der Waals surface area contributed by atoms with Crippen LogP contribution in [0.4, 0.5) is 0 Å². The van der Waals surface area contributed by atoms with E-state index in [1.807, 2.05) is 0 Å². The van der Waals surface area contributed by atoms with E-state index in [2.05, 4.69) is 20.9 Å². The molecule has 0 unspecified atom stereocenters. The summed E-state index contributed by atoms with van der Waals surface area (Å²) in [5.41, 5.74) is 0.679. The van der Waals surface area contributed by atoms with E-state index in [9.17, 15) is 4.79 Å². The molecule has 84 valence electrons. The molecule has 1 aromatic heterocycles. The highest BCUT2D eigenvalue weighted by molar-refractivity contribution is 9.10. The van der Waals surface area contributed by atoms with Gasteiger partial charge >= 0.3 is 0 Å². The van der Waals surface area contributed by atoms with Crippen molar-refractivity contribution < 1.29 is 5.11 Å². The van der Waals surface area contributed by atoms with Gasteiger partial charge in [-0.3, -0.25) is 9.36 Å². The molecule has 0 spiro atoms. The van der Waals surface area contributed by atoms with Crippen LogP contribution in [0, 0.1) is 6.92 Å². The van der Waals surface area contributed by atoms with E-state index < -0.39 is 0 Å². The Bertz CT molecular complexity index is 376. The molecule has 0 aliphatic carbocycles. The van der Waals surface area contributed by atoms with Gasteiger partial charge in [-0.1, -0.05) is 0 Å². The van der Waals surface area contributed by atoms with E-state index in [0.29, 0.717) is 16.7 Å². The maximum absolute atomic E-state index is 11.7. The Labute approximate surface area is 97.1 Å². The number of unbranched alkanes of at least 4 members (excludes halogenated alkanes) is 2. The van der Waals surface area contributed by atoms with Crippen LogP contribution >= 0.6 is 15.9 Å². The summed E-state index contributed by atoms with van der Waals surface area (Å²) in [5.74, 6) is 0. The minimum Gasteiger partial charge on any atom is -0.396 e. The zero-order valence-corrected chi connectivity index (χ0v) is 10.3. The Balaban J connectivity index is 2.63. The molecule has 0 saturated heterocycles. The van der Waals surface area contributed by atoms with Gasteiger partial charge in [0.25, 0.3) is 5.56 Å². The second-order valence-corrected chi connectivity index (χ2v) is 4.22. The number of hydrogen-bond donors (Lipinski definition) is 1. The monoisotopic (exact) mass is 274 g/mol. The lowest BCUT2D eigenvalue weighted by atomic mass is 10.2. The van der Waals surface area contributed by atoms with Gasteiger partial charge in [0.05, 0.1) is 12.0 Å². The van der Waals surface area contributed by atoms with Gasteiger partial charge in [-0.05, 0) is 42.1 Å². The zero-order valence-electron chi connectivity index (χ0n) is 8.74. The highest BCUT2D eigenvalue weighted by Crippen LogP contribution is 2.06. The van der Waals surface area contributed by atoms with E-state index in [1.165, 1.54) is 0 Å². The van der Waals surface area contributed by atoms with Crippen LogP contribution in [0.25, 0.3) is 0 Å². The lowest BCUT2D eigenvalue weighted by Crippen LogP contribution is -2.22. The van der Waals surface area contributed by atoms with Gasteiger partial charge < -0.3 is 5.11 Å². The van der Waals surface area contributed by atoms with Gasteiger partial charge in [0.2, 0.25) is 0 Å². The number of aryl methyl sites for hydroxylation is 2. The van der Waals surface area contributed by atoms with Crippen LogP contribution in [0.2, 0.25) is 0 Å². The van der Waals surface area contributed by atoms with Crippen LogP contribution in [0.1, 0.15) is 25.0 Å². The molecule has 0 aromatic carbocycles. The highest BCUT2D eigenvalue weighted by Gasteiger charge is 2.04. The van der Waals surface area contributed by atoms with Crippen LogP contribution in [0.15, 0.2) is 15.6 Å². The normalized spacial score (nSPS) is 10.6. The van der Waals surface area contributed by atoms with E-state index in [-0.39, 0.29) is 12.2 Å². The largest absolute Gasteiger partial charge is 0.396 e. The van der Waals surface area contributed by atoms with Crippen molar-refractivity contribution in [3.8, 4) is 0 Å². The minimum absolute atomic E-state index is 0.0356. The summed E-state index contributed by atoms with van der Waals surface area (Å²) in [6.45, 7) is 2.66. The van der Waals surface area contributed by atoms with Crippen molar-refractivity contribution in [2.45, 2.75) is 32.7 Å². The molecule has 0 fully saturated rings. The predicted octanol–water partition coefficient (Wildman–Crippen LogP) is 1.48. The van der Waals surface area contributed by atoms with Gasteiger partial charge in [0.1, 0.15) is 4.47 Å². The fourth-order valence-corrected chi connectivity index (χ4v) is 1.61. The molecule has 1 N–H and O–H groups in total. The summed E-state index contributed by atoms with van der Waals surface area (Å²) in [6.07, 6.45) is 4.17. The third-order valence-corrected chi connectivity index (χ3v) is 3.13. The third kappa shape index (κ3) is 3.43. The standard InChI is InChI=1S/C10H15BrN2O2/c1-8-9(11)10(15)13(7-12-8)5-3-2-4-6-14/h7,14H,2-6H2,1H3. The average Bonchev–Trinajstić information content (AvgIpc) is 2.24. The molecule has 1 aromatic rings. The zero-order chi connectivity index (χ0) is 11.3. The first kappa shape index (κ1) is 12.4. The molecule has 0 saturated carbocycles. The average molecular weight is 275 g/mol. The first-order chi connectivity index (χ1) is 7.16. The lowest BCUT2D eigenvalue weighted by molar-refractivity contribution is 0.281. The number of halogens is 1. The van der Waals surface area contributed by atoms with Gasteiger partial charge in [0.15, 0.2) is 0 Å². The summed E-state index contributed by atoms with van der Waals surface area (Å²) in [5, 5.41) is 8.61. The second kappa shape index (κ2) is 6.02. The van der Waals surface area contributed by atoms with Crippen LogP contribution in [-0.4, -0.2) is 21.3 Å². The van der Waals surface area contributed by atoms with Crippen molar-refractivity contribution in [2.24, 2.45) is 0 Å². The SMILES string of the molecule is Cc1ncn(CCCCCO)c(=O)c1Br. The number of aromatic nitrogens is 2. The topological polar surface area (TPSA) is 55.1 Å². The smallest absolute Gasteiger partial charge is 0.267 e. The molecule has 0 amide bonds. The second-order valence-electron chi connectivity index (χ2n) is 3.43. The maximum atomic E-state index is 11.7. The van der Waals surface area contributed by atoms with Crippen molar-refractivity contribution in [3.05, 3.63) is 26.8 Å². The maximum Gasteiger partial charge on any atom is 0.267 e. The summed E-state index contributed by atoms with van der Waals surface area (Å²) >= 11 is 3.22. The molecule has 1 rings (SSSR count). The van der Waals surface area contributed by atoms with E-state index in [0.717, 1.165) is 19.3 Å². The number of aliphatic hydroxyl groups excluding tert-OH is 1. The van der Waals surface area contributed by atoms with Crippen LogP contribution in [0.3, 0.4) is 0 Å². The first-order valence-corrected chi connectivity index (χ1v) is 5.78. The van der Waals surface area contributed by atoms with Crippen LogP contribution in [-0.2, 0) is 6.54 Å². The number of hydrogen-bond acceptors (Lipinski definition) is 3. The Hall–Kier alpha value is -0.680. The quantitative estimate of drug-likeness (QED) is 0.828. The molecule has 5 heteroatoms. The van der Waals surface area contributed by atoms with E-state index >= 15 is 0 Å². The van der Waals surface area contributed by atoms with Crippen molar-refractivity contribution in [1.29, 1.82) is 0 Å². The van der Waals surface area contributed by atoms with Crippen molar-refractivity contribution in [1.82, 2.24) is 9.55 Å². The van der Waals surface area contributed by atoms with Gasteiger partial charge in [-0.25, -0.2) is 4.98 Å². The molecule has 0 aliphatic rings. The van der Waals surface area contributed by atoms with Gasteiger partial charge in [-0.2, -0.15) is 0 Å². The number of rotatable bonds is 5. The lowest BCUT2D eigenvalue weighted by Gasteiger charge is -2.06. The van der Waals surface area contributed by atoms with E-state index in [4.69, 9.17) is 5.11 Å². The number of nitrogens with zero attached hydrogens (tertiary/aromatic N) is 2. The first-order valence-electron chi connectivity index (χ1n) is 4.99.